The molecule has 0 fully saturated rings. The molecule has 2 amide bonds. The van der Waals surface area contributed by atoms with Crippen LogP contribution in [0.25, 0.3) is 10.9 Å². The topological polar surface area (TPSA) is 63.1 Å². The number of halogens is 1. The van der Waals surface area contributed by atoms with Gasteiger partial charge in [0.25, 0.3) is 11.8 Å². The summed E-state index contributed by atoms with van der Waals surface area (Å²) in [5.74, 6) is -0.731. The van der Waals surface area contributed by atoms with E-state index in [-0.39, 0.29) is 11.8 Å². The molecule has 3 rings (SSSR count). The molecular weight excluding hydrogens is 358 g/mol. The first-order chi connectivity index (χ1) is 11.1. The number of nitrogens with one attached hydrogen (secondary N) is 2. The number of rotatable bonds is 2. The molecular formula is C17H14BrN3O2. The molecule has 0 unspecified atom stereocenters. The minimum absolute atomic E-state index is 0.356. The number of hydrogen-bond donors (Lipinski definition) is 2. The largest absolute Gasteiger partial charge is 0.350 e. The number of hydrazine groups is 1. The standard InChI is InChI=1S/C17H14BrN3O2/c1-21-10-14(13-7-2-3-8-15(13)21)17(23)20-19-16(22)11-5-4-6-12(18)9-11/h2-10H,1H3,(H,19,22)(H,20,23). The van der Waals surface area contributed by atoms with Gasteiger partial charge in [0.2, 0.25) is 0 Å². The Morgan fingerprint density at radius 3 is 2.52 bits per heavy atom. The van der Waals surface area contributed by atoms with Gasteiger partial charge < -0.3 is 4.57 Å². The smallest absolute Gasteiger partial charge is 0.271 e. The maximum Gasteiger partial charge on any atom is 0.271 e. The zero-order chi connectivity index (χ0) is 16.4. The number of aryl methyl sites for hydroxylation is 1. The van der Waals surface area contributed by atoms with Gasteiger partial charge in [-0.1, -0.05) is 40.2 Å². The summed E-state index contributed by atoms with van der Waals surface area (Å²) in [7, 11) is 1.87. The molecule has 0 aliphatic rings. The summed E-state index contributed by atoms with van der Waals surface area (Å²) in [6, 6.07) is 14.5. The average molecular weight is 372 g/mol. The molecule has 0 spiro atoms. The van der Waals surface area contributed by atoms with E-state index in [9.17, 15) is 9.59 Å². The lowest BCUT2D eigenvalue weighted by Gasteiger charge is -2.07. The third-order valence-corrected chi connectivity index (χ3v) is 4.01. The van der Waals surface area contributed by atoms with E-state index in [1.54, 1.807) is 24.4 Å². The van der Waals surface area contributed by atoms with E-state index in [0.29, 0.717) is 11.1 Å². The van der Waals surface area contributed by atoms with Gasteiger partial charge in [0.05, 0.1) is 5.56 Å². The predicted octanol–water partition coefficient (Wildman–Crippen LogP) is 3.02. The third kappa shape index (κ3) is 3.12. The second-order valence-electron chi connectivity index (χ2n) is 5.09. The number of carbonyl (C=O) groups is 2. The zero-order valence-electron chi connectivity index (χ0n) is 12.3. The summed E-state index contributed by atoms with van der Waals surface area (Å²) in [5.41, 5.74) is 6.81. The van der Waals surface area contributed by atoms with E-state index in [0.717, 1.165) is 15.4 Å². The van der Waals surface area contributed by atoms with Crippen molar-refractivity contribution in [2.45, 2.75) is 0 Å². The highest BCUT2D eigenvalue weighted by atomic mass is 79.9. The molecule has 0 saturated carbocycles. The normalized spacial score (nSPS) is 10.5. The van der Waals surface area contributed by atoms with Gasteiger partial charge in [-0.25, -0.2) is 0 Å². The molecule has 0 atom stereocenters. The number of hydrogen-bond acceptors (Lipinski definition) is 2. The fraction of sp³-hybridized carbons (Fsp3) is 0.0588. The SMILES string of the molecule is Cn1cc(C(=O)NNC(=O)c2cccc(Br)c2)c2ccccc21. The van der Waals surface area contributed by atoms with E-state index in [1.165, 1.54) is 0 Å². The molecule has 0 bridgehead atoms. The van der Waals surface area contributed by atoms with Gasteiger partial charge in [-0.2, -0.15) is 0 Å². The number of amides is 2. The molecule has 0 radical (unpaired) electrons. The van der Waals surface area contributed by atoms with Crippen LogP contribution in [-0.4, -0.2) is 16.4 Å². The Balaban J connectivity index is 1.75. The zero-order valence-corrected chi connectivity index (χ0v) is 13.9. The van der Waals surface area contributed by atoms with Crippen LogP contribution >= 0.6 is 15.9 Å². The van der Waals surface area contributed by atoms with Crippen LogP contribution in [-0.2, 0) is 7.05 Å². The second kappa shape index (κ2) is 6.26. The number of carbonyl (C=O) groups excluding carboxylic acids is 2. The maximum absolute atomic E-state index is 12.3. The highest BCUT2D eigenvalue weighted by Crippen LogP contribution is 2.19. The van der Waals surface area contributed by atoms with Crippen LogP contribution in [0.15, 0.2) is 59.2 Å². The average Bonchev–Trinajstić information content (AvgIpc) is 2.90. The molecule has 0 aliphatic carbocycles. The molecule has 5 nitrogen and oxygen atoms in total. The minimum Gasteiger partial charge on any atom is -0.350 e. The Hall–Kier alpha value is -2.60. The number of nitrogens with zero attached hydrogens (tertiary/aromatic N) is 1. The molecule has 23 heavy (non-hydrogen) atoms. The highest BCUT2D eigenvalue weighted by molar-refractivity contribution is 9.10. The van der Waals surface area contributed by atoms with Crippen LogP contribution in [0.5, 0.6) is 0 Å². The predicted molar refractivity (Wildman–Crippen MR) is 92.0 cm³/mol. The Labute approximate surface area is 141 Å². The first-order valence-electron chi connectivity index (χ1n) is 6.96. The maximum atomic E-state index is 12.3. The lowest BCUT2D eigenvalue weighted by Crippen LogP contribution is -2.41. The first-order valence-corrected chi connectivity index (χ1v) is 7.76. The number of aromatic nitrogens is 1. The summed E-state index contributed by atoms with van der Waals surface area (Å²) in [5, 5.41) is 0.837. The fourth-order valence-corrected chi connectivity index (χ4v) is 2.80. The lowest BCUT2D eigenvalue weighted by atomic mass is 10.2. The molecule has 6 heteroatoms. The van der Waals surface area contributed by atoms with Gasteiger partial charge in [-0.3, -0.25) is 20.4 Å². The van der Waals surface area contributed by atoms with Crippen molar-refractivity contribution in [3.8, 4) is 0 Å². The highest BCUT2D eigenvalue weighted by Gasteiger charge is 2.14. The van der Waals surface area contributed by atoms with Gasteiger partial charge in [-0.15, -0.1) is 0 Å². The summed E-state index contributed by atoms with van der Waals surface area (Å²) >= 11 is 3.31. The third-order valence-electron chi connectivity index (χ3n) is 3.52. The van der Waals surface area contributed by atoms with E-state index in [2.05, 4.69) is 26.8 Å². The second-order valence-corrected chi connectivity index (χ2v) is 6.01. The van der Waals surface area contributed by atoms with E-state index in [4.69, 9.17) is 0 Å². The van der Waals surface area contributed by atoms with E-state index in [1.807, 2.05) is 41.9 Å². The summed E-state index contributed by atoms with van der Waals surface area (Å²) in [4.78, 5) is 24.4. The monoisotopic (exact) mass is 371 g/mol. The van der Waals surface area contributed by atoms with Gasteiger partial charge in [0.15, 0.2) is 0 Å². The minimum atomic E-state index is -0.375. The van der Waals surface area contributed by atoms with E-state index >= 15 is 0 Å². The molecule has 3 aromatic rings. The molecule has 1 aromatic heterocycles. The molecule has 1 heterocycles. The summed E-state index contributed by atoms with van der Waals surface area (Å²) < 4.78 is 2.67. The molecule has 2 aromatic carbocycles. The van der Waals surface area contributed by atoms with Crippen LogP contribution < -0.4 is 10.9 Å². The van der Waals surface area contributed by atoms with Crippen molar-refractivity contribution < 1.29 is 9.59 Å². The van der Waals surface area contributed by atoms with Crippen molar-refractivity contribution in [3.05, 3.63) is 70.3 Å². The van der Waals surface area contributed by atoms with Gasteiger partial charge in [-0.05, 0) is 24.3 Å². The quantitative estimate of drug-likeness (QED) is 0.680. The molecule has 116 valence electrons. The van der Waals surface area contributed by atoms with Gasteiger partial charge >= 0.3 is 0 Å². The van der Waals surface area contributed by atoms with Crippen molar-refractivity contribution in [2.24, 2.45) is 7.05 Å². The van der Waals surface area contributed by atoms with Crippen molar-refractivity contribution in [1.82, 2.24) is 15.4 Å². The summed E-state index contributed by atoms with van der Waals surface area (Å²) in [6.45, 7) is 0. The van der Waals surface area contributed by atoms with E-state index < -0.39 is 0 Å². The molecule has 0 saturated heterocycles. The van der Waals surface area contributed by atoms with Crippen LogP contribution in [0.4, 0.5) is 0 Å². The van der Waals surface area contributed by atoms with Crippen molar-refractivity contribution in [3.63, 3.8) is 0 Å². The van der Waals surface area contributed by atoms with Crippen molar-refractivity contribution in [2.75, 3.05) is 0 Å². The lowest BCUT2D eigenvalue weighted by molar-refractivity contribution is 0.0847. The Morgan fingerprint density at radius 1 is 1.00 bits per heavy atom. The number of fused-ring (bicyclic) bond motifs is 1. The Morgan fingerprint density at radius 2 is 1.74 bits per heavy atom. The van der Waals surface area contributed by atoms with Gasteiger partial charge in [0, 0.05) is 34.2 Å². The Bertz CT molecular complexity index is 902. The number of benzene rings is 2. The number of para-hydroxylation sites is 1. The molecule has 0 aliphatic heterocycles. The van der Waals surface area contributed by atoms with Crippen LogP contribution in [0, 0.1) is 0 Å². The summed E-state index contributed by atoms with van der Waals surface area (Å²) in [6.07, 6.45) is 1.74. The van der Waals surface area contributed by atoms with Crippen molar-refractivity contribution >= 4 is 38.6 Å². The molecule has 2 N–H and O–H groups in total. The van der Waals surface area contributed by atoms with Crippen LogP contribution in [0.1, 0.15) is 20.7 Å². The fourth-order valence-electron chi connectivity index (χ4n) is 2.41. The van der Waals surface area contributed by atoms with Gasteiger partial charge in [0.1, 0.15) is 0 Å². The van der Waals surface area contributed by atoms with Crippen molar-refractivity contribution in [1.29, 1.82) is 0 Å². The van der Waals surface area contributed by atoms with Crippen LogP contribution in [0.3, 0.4) is 0 Å². The Kier molecular flexibility index (Phi) is 4.16. The first kappa shape index (κ1) is 15.3. The van der Waals surface area contributed by atoms with Crippen LogP contribution in [0.2, 0.25) is 0 Å².